The maximum Gasteiger partial charge on any atom is 0.255 e. The number of nitrogens with zero attached hydrogens (tertiary/aromatic N) is 4. The third kappa shape index (κ3) is 3.16. The molecule has 2 aromatic heterocycles. The number of aromatic nitrogens is 4. The van der Waals surface area contributed by atoms with Gasteiger partial charge in [0.1, 0.15) is 0 Å². The van der Waals surface area contributed by atoms with Crippen molar-refractivity contribution in [3.8, 4) is 5.88 Å². The second-order valence-electron chi connectivity index (χ2n) is 3.63. The van der Waals surface area contributed by atoms with Crippen LogP contribution in [0.3, 0.4) is 0 Å². The Morgan fingerprint density at radius 2 is 2.39 bits per heavy atom. The minimum absolute atomic E-state index is 0.0536. The van der Waals surface area contributed by atoms with Crippen LogP contribution < -0.4 is 10.1 Å². The molecular weight excluding hydrogens is 237 g/mol. The maximum absolute atomic E-state index is 13.1. The van der Waals surface area contributed by atoms with Crippen molar-refractivity contribution in [1.29, 1.82) is 0 Å². The second-order valence-corrected chi connectivity index (χ2v) is 3.63. The van der Waals surface area contributed by atoms with Crippen molar-refractivity contribution in [2.45, 2.75) is 13.0 Å². The molecule has 0 aliphatic carbocycles. The normalized spacial score (nSPS) is 10.3. The van der Waals surface area contributed by atoms with Gasteiger partial charge in [-0.05, 0) is 6.42 Å². The van der Waals surface area contributed by atoms with E-state index in [1.807, 2.05) is 10.8 Å². The molecule has 0 radical (unpaired) electrons. The van der Waals surface area contributed by atoms with Crippen LogP contribution in [0, 0.1) is 5.82 Å². The smallest absolute Gasteiger partial charge is 0.255 e. The summed E-state index contributed by atoms with van der Waals surface area (Å²) >= 11 is 0. The van der Waals surface area contributed by atoms with Gasteiger partial charge >= 0.3 is 0 Å². The van der Waals surface area contributed by atoms with Gasteiger partial charge in [0.15, 0.2) is 0 Å². The summed E-state index contributed by atoms with van der Waals surface area (Å²) in [5.74, 6) is -0.262. The van der Waals surface area contributed by atoms with Gasteiger partial charge in [0.05, 0.1) is 19.6 Å². The number of imidazole rings is 1. The topological polar surface area (TPSA) is 64.9 Å². The number of ether oxygens (including phenoxy) is 1. The minimum atomic E-state index is -0.568. The number of aryl methyl sites for hydroxylation is 1. The number of hydrogen-bond donors (Lipinski definition) is 1. The molecular formula is C11H14FN5O. The van der Waals surface area contributed by atoms with Crippen LogP contribution in [0.2, 0.25) is 0 Å². The number of methoxy groups -OCH3 is 1. The molecule has 0 saturated heterocycles. The molecule has 0 bridgehead atoms. The van der Waals surface area contributed by atoms with Crippen LogP contribution in [0.4, 0.5) is 10.3 Å². The quantitative estimate of drug-likeness (QED) is 0.784. The highest BCUT2D eigenvalue weighted by Gasteiger charge is 2.05. The molecule has 0 amide bonds. The van der Waals surface area contributed by atoms with Crippen molar-refractivity contribution in [2.75, 3.05) is 19.0 Å². The third-order valence-electron chi connectivity index (χ3n) is 2.34. The molecule has 0 unspecified atom stereocenters. The summed E-state index contributed by atoms with van der Waals surface area (Å²) in [6, 6.07) is 0. The van der Waals surface area contributed by atoms with Crippen molar-refractivity contribution in [2.24, 2.45) is 0 Å². The fourth-order valence-corrected chi connectivity index (χ4v) is 1.46. The van der Waals surface area contributed by atoms with Crippen molar-refractivity contribution < 1.29 is 9.13 Å². The number of anilines is 1. The van der Waals surface area contributed by atoms with E-state index in [-0.39, 0.29) is 5.88 Å². The monoisotopic (exact) mass is 251 g/mol. The molecule has 0 aromatic carbocycles. The highest BCUT2D eigenvalue weighted by molar-refractivity contribution is 5.28. The number of nitrogens with one attached hydrogen (secondary N) is 1. The summed E-state index contributed by atoms with van der Waals surface area (Å²) < 4.78 is 19.8. The summed E-state index contributed by atoms with van der Waals surface area (Å²) in [7, 11) is 1.37. The third-order valence-corrected chi connectivity index (χ3v) is 2.34. The van der Waals surface area contributed by atoms with E-state index in [0.717, 1.165) is 19.2 Å². The molecule has 18 heavy (non-hydrogen) atoms. The minimum Gasteiger partial charge on any atom is -0.479 e. The van der Waals surface area contributed by atoms with E-state index >= 15 is 0 Å². The zero-order valence-corrected chi connectivity index (χ0v) is 10.0. The van der Waals surface area contributed by atoms with E-state index in [9.17, 15) is 4.39 Å². The Morgan fingerprint density at radius 1 is 1.50 bits per heavy atom. The maximum atomic E-state index is 13.1. The molecule has 2 aromatic rings. The summed E-state index contributed by atoms with van der Waals surface area (Å²) in [5, 5.41) is 3.01. The Kier molecular flexibility index (Phi) is 4.06. The van der Waals surface area contributed by atoms with E-state index in [1.165, 1.54) is 7.11 Å². The lowest BCUT2D eigenvalue weighted by molar-refractivity contribution is 0.367. The average molecular weight is 251 g/mol. The van der Waals surface area contributed by atoms with Crippen molar-refractivity contribution in [3.05, 3.63) is 30.7 Å². The van der Waals surface area contributed by atoms with Gasteiger partial charge < -0.3 is 14.6 Å². The standard InChI is InChI=1S/C11H14FN5O/c1-18-10-9(12)7-15-11(16-10)14-3-2-5-17-6-4-13-8-17/h4,6-8H,2-3,5H2,1H3,(H,14,15,16). The van der Waals surface area contributed by atoms with Gasteiger partial charge in [-0.1, -0.05) is 0 Å². The Bertz CT molecular complexity index is 488. The van der Waals surface area contributed by atoms with Crippen molar-refractivity contribution >= 4 is 5.95 Å². The Balaban J connectivity index is 1.79. The second kappa shape index (κ2) is 5.95. The highest BCUT2D eigenvalue weighted by atomic mass is 19.1. The molecule has 0 aliphatic heterocycles. The van der Waals surface area contributed by atoms with Crippen LogP contribution >= 0.6 is 0 Å². The molecule has 96 valence electrons. The van der Waals surface area contributed by atoms with Crippen LogP contribution in [-0.4, -0.2) is 33.2 Å². The van der Waals surface area contributed by atoms with Gasteiger partial charge in [-0.3, -0.25) is 0 Å². The molecule has 2 heterocycles. The molecule has 0 saturated carbocycles. The zero-order valence-electron chi connectivity index (χ0n) is 10.0. The van der Waals surface area contributed by atoms with Gasteiger partial charge in [-0.25, -0.2) is 9.97 Å². The van der Waals surface area contributed by atoms with Crippen molar-refractivity contribution in [3.63, 3.8) is 0 Å². The van der Waals surface area contributed by atoms with Gasteiger partial charge in [0.25, 0.3) is 5.88 Å². The number of halogens is 1. The molecule has 0 spiro atoms. The van der Waals surface area contributed by atoms with Gasteiger partial charge in [-0.15, -0.1) is 0 Å². The van der Waals surface area contributed by atoms with Gasteiger partial charge in [0, 0.05) is 25.5 Å². The molecule has 0 aliphatic rings. The van der Waals surface area contributed by atoms with E-state index in [2.05, 4.69) is 20.3 Å². The summed E-state index contributed by atoms with van der Waals surface area (Å²) in [5.41, 5.74) is 0. The van der Waals surface area contributed by atoms with E-state index in [4.69, 9.17) is 4.74 Å². The highest BCUT2D eigenvalue weighted by Crippen LogP contribution is 2.13. The number of hydrogen-bond acceptors (Lipinski definition) is 5. The fraction of sp³-hybridized carbons (Fsp3) is 0.364. The van der Waals surface area contributed by atoms with E-state index in [1.54, 1.807) is 12.5 Å². The summed E-state index contributed by atoms with van der Waals surface area (Å²) in [6.45, 7) is 1.54. The van der Waals surface area contributed by atoms with E-state index in [0.29, 0.717) is 12.5 Å². The summed E-state index contributed by atoms with van der Waals surface area (Å²) in [4.78, 5) is 11.7. The van der Waals surface area contributed by atoms with Gasteiger partial charge in [0.2, 0.25) is 11.8 Å². The zero-order chi connectivity index (χ0) is 12.8. The molecule has 0 atom stereocenters. The first-order valence-electron chi connectivity index (χ1n) is 5.55. The van der Waals surface area contributed by atoms with Crippen LogP contribution in [0.15, 0.2) is 24.9 Å². The molecule has 2 rings (SSSR count). The fourth-order valence-electron chi connectivity index (χ4n) is 1.46. The van der Waals surface area contributed by atoms with Crippen LogP contribution in [0.5, 0.6) is 5.88 Å². The van der Waals surface area contributed by atoms with Crippen LogP contribution in [0.1, 0.15) is 6.42 Å². The predicted molar refractivity (Wildman–Crippen MR) is 63.9 cm³/mol. The first-order chi connectivity index (χ1) is 8.79. The first-order valence-corrected chi connectivity index (χ1v) is 5.55. The Morgan fingerprint density at radius 3 is 3.11 bits per heavy atom. The molecule has 7 heteroatoms. The predicted octanol–water partition coefficient (Wildman–Crippen LogP) is 1.32. The SMILES string of the molecule is COc1nc(NCCCn2ccnc2)ncc1F. The van der Waals surface area contributed by atoms with Crippen LogP contribution in [0.25, 0.3) is 0 Å². The lowest BCUT2D eigenvalue weighted by Gasteiger charge is -2.06. The number of rotatable bonds is 6. The lowest BCUT2D eigenvalue weighted by Crippen LogP contribution is -2.09. The molecule has 0 fully saturated rings. The average Bonchev–Trinajstić information content (AvgIpc) is 2.89. The summed E-state index contributed by atoms with van der Waals surface area (Å²) in [6.07, 6.45) is 7.37. The first kappa shape index (κ1) is 12.3. The Labute approximate surface area is 104 Å². The molecule has 6 nitrogen and oxygen atoms in total. The molecule has 1 N–H and O–H groups in total. The Hall–Kier alpha value is -2.18. The van der Waals surface area contributed by atoms with Gasteiger partial charge in [-0.2, -0.15) is 9.37 Å². The lowest BCUT2D eigenvalue weighted by atomic mass is 10.4. The largest absolute Gasteiger partial charge is 0.479 e. The van der Waals surface area contributed by atoms with Crippen molar-refractivity contribution in [1.82, 2.24) is 19.5 Å². The van der Waals surface area contributed by atoms with Crippen LogP contribution in [-0.2, 0) is 6.54 Å². The van der Waals surface area contributed by atoms with E-state index < -0.39 is 5.82 Å².